The predicted molar refractivity (Wildman–Crippen MR) is 102 cm³/mol. The van der Waals surface area contributed by atoms with Crippen LogP contribution in [0.5, 0.6) is 5.75 Å². The van der Waals surface area contributed by atoms with Crippen LogP contribution in [0.25, 0.3) is 11.0 Å². The third-order valence-electron chi connectivity index (χ3n) is 4.60. The smallest absolute Gasteiger partial charge is 0.417 e. The number of methoxy groups -OCH3 is 1. The van der Waals surface area contributed by atoms with Crippen LogP contribution < -0.4 is 10.1 Å². The second-order valence-corrected chi connectivity index (χ2v) is 6.81. The molecular weight excluding hydrogens is 385 g/mol. The molecule has 0 saturated carbocycles. The van der Waals surface area contributed by atoms with Gasteiger partial charge in [-0.3, -0.25) is 4.79 Å². The van der Waals surface area contributed by atoms with Crippen LogP contribution >= 0.6 is 0 Å². The number of hydrogen-bond acceptors (Lipinski definition) is 4. The van der Waals surface area contributed by atoms with Gasteiger partial charge in [0.1, 0.15) is 12.3 Å². The summed E-state index contributed by atoms with van der Waals surface area (Å²) in [6.07, 6.45) is -4.53. The Bertz CT molecular complexity index is 1040. The topological polar surface area (TPSA) is 69.0 Å². The number of halogens is 3. The number of rotatable bonds is 5. The highest BCUT2D eigenvalue weighted by atomic mass is 19.4. The number of nitrogens with one attached hydrogen (secondary N) is 1. The fraction of sp³-hybridized carbons (Fsp3) is 0.350. The number of ether oxygens (including phenoxy) is 1. The quantitative estimate of drug-likeness (QED) is 0.697. The number of alkyl halides is 3. The minimum absolute atomic E-state index is 0.0436. The molecule has 1 aromatic carbocycles. The molecule has 0 fully saturated rings. The zero-order valence-corrected chi connectivity index (χ0v) is 16.5. The lowest BCUT2D eigenvalue weighted by molar-refractivity contribution is -0.136. The number of aromatic nitrogens is 3. The summed E-state index contributed by atoms with van der Waals surface area (Å²) in [5.41, 5.74) is 0.501. The summed E-state index contributed by atoms with van der Waals surface area (Å²) in [5.74, 6) is 0.322. The van der Waals surface area contributed by atoms with Gasteiger partial charge in [0.15, 0.2) is 5.65 Å². The largest absolute Gasteiger partial charge is 0.497 e. The van der Waals surface area contributed by atoms with E-state index in [4.69, 9.17) is 4.74 Å². The zero-order chi connectivity index (χ0) is 21.3. The molecule has 1 atom stereocenters. The van der Waals surface area contributed by atoms with Gasteiger partial charge in [-0.2, -0.15) is 18.3 Å². The van der Waals surface area contributed by atoms with Crippen molar-refractivity contribution in [2.24, 2.45) is 0 Å². The molecule has 0 aliphatic rings. The van der Waals surface area contributed by atoms with Gasteiger partial charge in [-0.15, -0.1) is 0 Å². The number of nitrogens with zero attached hydrogens (tertiary/aromatic N) is 3. The summed E-state index contributed by atoms with van der Waals surface area (Å²) in [6, 6.07) is 7.93. The van der Waals surface area contributed by atoms with Crippen LogP contribution in [0, 0.1) is 13.8 Å². The molecule has 154 valence electrons. The number of hydrogen-bond donors (Lipinski definition) is 1. The number of pyridine rings is 1. The van der Waals surface area contributed by atoms with Crippen molar-refractivity contribution in [1.29, 1.82) is 0 Å². The van der Waals surface area contributed by atoms with Crippen molar-refractivity contribution in [3.8, 4) is 5.75 Å². The molecule has 2 aromatic heterocycles. The molecule has 0 aliphatic carbocycles. The molecule has 2 heterocycles. The average molecular weight is 406 g/mol. The van der Waals surface area contributed by atoms with E-state index in [1.807, 2.05) is 19.1 Å². The fourth-order valence-electron chi connectivity index (χ4n) is 3.21. The molecule has 1 amide bonds. The second kappa shape index (κ2) is 7.73. The van der Waals surface area contributed by atoms with Crippen LogP contribution in [0.2, 0.25) is 0 Å². The Hall–Kier alpha value is -3.10. The minimum atomic E-state index is -4.53. The van der Waals surface area contributed by atoms with E-state index in [1.54, 1.807) is 19.2 Å². The molecule has 1 unspecified atom stereocenters. The summed E-state index contributed by atoms with van der Waals surface area (Å²) >= 11 is 0. The van der Waals surface area contributed by atoms with Crippen LogP contribution in [-0.4, -0.2) is 27.8 Å². The van der Waals surface area contributed by atoms with Crippen molar-refractivity contribution in [1.82, 2.24) is 20.1 Å². The Balaban J connectivity index is 1.84. The second-order valence-electron chi connectivity index (χ2n) is 6.81. The number of carbonyl (C=O) groups is 1. The van der Waals surface area contributed by atoms with E-state index < -0.39 is 11.7 Å². The lowest BCUT2D eigenvalue weighted by Crippen LogP contribution is -2.30. The molecule has 0 saturated heterocycles. The van der Waals surface area contributed by atoms with Gasteiger partial charge in [-0.25, -0.2) is 9.67 Å². The predicted octanol–water partition coefficient (Wildman–Crippen LogP) is 3.95. The normalized spacial score (nSPS) is 12.8. The third-order valence-corrected chi connectivity index (χ3v) is 4.60. The lowest BCUT2D eigenvalue weighted by Gasteiger charge is -2.15. The van der Waals surface area contributed by atoms with E-state index in [2.05, 4.69) is 15.4 Å². The van der Waals surface area contributed by atoms with E-state index >= 15 is 0 Å². The molecule has 0 spiro atoms. The molecule has 0 radical (unpaired) electrons. The van der Waals surface area contributed by atoms with E-state index in [0.29, 0.717) is 5.75 Å². The summed E-state index contributed by atoms with van der Waals surface area (Å²) in [7, 11) is 1.57. The van der Waals surface area contributed by atoms with E-state index in [1.165, 1.54) is 18.5 Å². The molecular formula is C20H21F3N4O2. The Morgan fingerprint density at radius 1 is 1.24 bits per heavy atom. The molecule has 3 aromatic rings. The van der Waals surface area contributed by atoms with Gasteiger partial charge >= 0.3 is 6.18 Å². The van der Waals surface area contributed by atoms with E-state index in [9.17, 15) is 18.0 Å². The molecule has 6 nitrogen and oxygen atoms in total. The fourth-order valence-corrected chi connectivity index (χ4v) is 3.21. The molecule has 1 N–H and O–H groups in total. The van der Waals surface area contributed by atoms with Gasteiger partial charge in [-0.1, -0.05) is 12.1 Å². The van der Waals surface area contributed by atoms with Crippen LogP contribution in [0.15, 0.2) is 30.3 Å². The first kappa shape index (κ1) is 20.6. The highest BCUT2D eigenvalue weighted by Crippen LogP contribution is 2.36. The van der Waals surface area contributed by atoms with Crippen LogP contribution in [0.3, 0.4) is 0 Å². The zero-order valence-electron chi connectivity index (χ0n) is 16.5. The van der Waals surface area contributed by atoms with Gasteiger partial charge in [0.25, 0.3) is 0 Å². The van der Waals surface area contributed by atoms with Gasteiger partial charge in [0.05, 0.1) is 29.8 Å². The van der Waals surface area contributed by atoms with E-state index in [0.717, 1.165) is 11.6 Å². The number of amides is 1. The van der Waals surface area contributed by atoms with Crippen LogP contribution in [-0.2, 0) is 17.5 Å². The van der Waals surface area contributed by atoms with Gasteiger partial charge in [0, 0.05) is 5.69 Å². The third kappa shape index (κ3) is 4.33. The summed E-state index contributed by atoms with van der Waals surface area (Å²) in [6.45, 7) is 4.53. The maximum Gasteiger partial charge on any atom is 0.417 e. The number of benzene rings is 1. The summed E-state index contributed by atoms with van der Waals surface area (Å²) < 4.78 is 46.6. The first-order valence-electron chi connectivity index (χ1n) is 8.95. The van der Waals surface area contributed by atoms with Gasteiger partial charge < -0.3 is 10.1 Å². The Morgan fingerprint density at radius 3 is 2.48 bits per heavy atom. The Labute approximate surface area is 165 Å². The average Bonchev–Trinajstić information content (AvgIpc) is 2.95. The van der Waals surface area contributed by atoms with Gasteiger partial charge in [-0.05, 0) is 44.5 Å². The maximum absolute atomic E-state index is 13.4. The summed E-state index contributed by atoms with van der Waals surface area (Å²) in [5, 5.41) is 6.87. The van der Waals surface area contributed by atoms with Crippen molar-refractivity contribution in [2.45, 2.75) is 39.5 Å². The van der Waals surface area contributed by atoms with Gasteiger partial charge in [0.2, 0.25) is 5.91 Å². The van der Waals surface area contributed by atoms with Crippen molar-refractivity contribution < 1.29 is 22.7 Å². The Morgan fingerprint density at radius 2 is 1.90 bits per heavy atom. The van der Waals surface area contributed by atoms with E-state index in [-0.39, 0.29) is 40.9 Å². The molecule has 29 heavy (non-hydrogen) atoms. The molecule has 3 rings (SSSR count). The first-order chi connectivity index (χ1) is 13.6. The summed E-state index contributed by atoms with van der Waals surface area (Å²) in [4.78, 5) is 16.7. The van der Waals surface area contributed by atoms with Crippen molar-refractivity contribution in [3.63, 3.8) is 0 Å². The maximum atomic E-state index is 13.4. The number of carbonyl (C=O) groups excluding carboxylic acids is 1. The van der Waals surface area contributed by atoms with Crippen molar-refractivity contribution in [2.75, 3.05) is 7.11 Å². The standard InChI is InChI=1S/C20H21F3N4O2/c1-11-9-16(20(21,22)23)18-13(3)26-27(19(18)24-11)10-17(28)25-12(2)14-5-7-15(29-4)8-6-14/h5-9,12H,10H2,1-4H3,(H,25,28). The molecule has 0 bridgehead atoms. The van der Waals surface area contributed by atoms with Crippen molar-refractivity contribution in [3.05, 3.63) is 52.8 Å². The highest BCUT2D eigenvalue weighted by Gasteiger charge is 2.35. The minimum Gasteiger partial charge on any atom is -0.497 e. The number of fused-ring (bicyclic) bond motifs is 1. The lowest BCUT2D eigenvalue weighted by atomic mass is 10.1. The molecule has 9 heteroatoms. The highest BCUT2D eigenvalue weighted by molar-refractivity contribution is 5.85. The molecule has 0 aliphatic heterocycles. The van der Waals surface area contributed by atoms with Crippen LogP contribution in [0.1, 0.15) is 35.5 Å². The van der Waals surface area contributed by atoms with Crippen molar-refractivity contribution >= 4 is 16.9 Å². The Kier molecular flexibility index (Phi) is 5.50. The van der Waals surface area contributed by atoms with Crippen LogP contribution in [0.4, 0.5) is 13.2 Å². The SMILES string of the molecule is COc1ccc(C(C)NC(=O)Cn2nc(C)c3c(C(F)(F)F)cc(C)nc32)cc1. The first-order valence-corrected chi connectivity index (χ1v) is 8.95. The monoisotopic (exact) mass is 406 g/mol. The number of aryl methyl sites for hydroxylation is 2.